The lowest BCUT2D eigenvalue weighted by Gasteiger charge is -2.08. The highest BCUT2D eigenvalue weighted by Gasteiger charge is 2.11. The van der Waals surface area contributed by atoms with Gasteiger partial charge >= 0.3 is 0 Å². The molecule has 6 heteroatoms. The van der Waals surface area contributed by atoms with Crippen LogP contribution in [0.3, 0.4) is 0 Å². The summed E-state index contributed by atoms with van der Waals surface area (Å²) < 4.78 is 1.73. The quantitative estimate of drug-likeness (QED) is 0.622. The van der Waals surface area contributed by atoms with E-state index in [1.54, 1.807) is 4.68 Å². The maximum Gasteiger partial charge on any atom is 0.214 e. The number of hydrogen-bond acceptors (Lipinski definition) is 5. The highest BCUT2D eigenvalue weighted by Crippen LogP contribution is 2.22. The molecule has 18 heavy (non-hydrogen) atoms. The molecule has 2 aromatic rings. The topological polar surface area (TPSA) is 67.4 Å². The summed E-state index contributed by atoms with van der Waals surface area (Å²) in [6, 6.07) is 8.15. The number of aryl methyl sites for hydroxylation is 1. The molecule has 5 nitrogen and oxygen atoms in total. The molecule has 1 aromatic heterocycles. The zero-order chi connectivity index (χ0) is 13.0. The van der Waals surface area contributed by atoms with E-state index in [9.17, 15) is 0 Å². The zero-order valence-corrected chi connectivity index (χ0v) is 11.1. The van der Waals surface area contributed by atoms with Crippen molar-refractivity contribution in [3.8, 4) is 11.8 Å². The summed E-state index contributed by atoms with van der Waals surface area (Å²) in [6.07, 6.45) is 0.490. The molecule has 0 aliphatic heterocycles. The third-order valence-electron chi connectivity index (χ3n) is 2.69. The number of rotatable bonds is 4. The van der Waals surface area contributed by atoms with Gasteiger partial charge in [-0.2, -0.15) is 9.94 Å². The Kier molecular flexibility index (Phi) is 3.95. The number of benzene rings is 1. The van der Waals surface area contributed by atoms with Gasteiger partial charge in [0.25, 0.3) is 0 Å². The SMILES string of the molecule is Cc1cccc(-n2nnnc2SCCC#N)c1C. The highest BCUT2D eigenvalue weighted by molar-refractivity contribution is 7.99. The molecule has 0 amide bonds. The van der Waals surface area contributed by atoms with Crippen molar-refractivity contribution in [3.63, 3.8) is 0 Å². The van der Waals surface area contributed by atoms with Gasteiger partial charge in [0.1, 0.15) is 0 Å². The summed E-state index contributed by atoms with van der Waals surface area (Å²) >= 11 is 1.49. The van der Waals surface area contributed by atoms with Crippen molar-refractivity contribution in [2.75, 3.05) is 5.75 Å². The maximum atomic E-state index is 8.54. The van der Waals surface area contributed by atoms with E-state index in [1.165, 1.54) is 17.3 Å². The van der Waals surface area contributed by atoms with Crippen LogP contribution in [0.25, 0.3) is 5.69 Å². The van der Waals surface area contributed by atoms with Crippen LogP contribution < -0.4 is 0 Å². The Morgan fingerprint density at radius 2 is 2.22 bits per heavy atom. The van der Waals surface area contributed by atoms with Crippen molar-refractivity contribution in [2.24, 2.45) is 0 Å². The molecule has 0 aliphatic carbocycles. The Balaban J connectivity index is 2.31. The molecular weight excluding hydrogens is 246 g/mol. The van der Waals surface area contributed by atoms with E-state index >= 15 is 0 Å². The first-order chi connectivity index (χ1) is 8.74. The molecule has 0 unspecified atom stereocenters. The Hall–Kier alpha value is -1.87. The van der Waals surface area contributed by atoms with Crippen LogP contribution in [0.4, 0.5) is 0 Å². The summed E-state index contributed by atoms with van der Waals surface area (Å²) in [5, 5.41) is 21.0. The summed E-state index contributed by atoms with van der Waals surface area (Å²) in [6.45, 7) is 4.11. The average Bonchev–Trinajstić information content (AvgIpc) is 2.81. The summed E-state index contributed by atoms with van der Waals surface area (Å²) in [7, 11) is 0. The molecule has 0 bridgehead atoms. The lowest BCUT2D eigenvalue weighted by atomic mass is 10.1. The number of nitriles is 1. The maximum absolute atomic E-state index is 8.54. The summed E-state index contributed by atoms with van der Waals surface area (Å²) in [5.74, 6) is 0.696. The number of hydrogen-bond donors (Lipinski definition) is 0. The lowest BCUT2D eigenvalue weighted by Crippen LogP contribution is -2.02. The minimum Gasteiger partial charge on any atom is -0.198 e. The molecule has 1 aromatic carbocycles. The molecule has 0 spiro atoms. The third-order valence-corrected chi connectivity index (χ3v) is 3.61. The lowest BCUT2D eigenvalue weighted by molar-refractivity contribution is 0.751. The van der Waals surface area contributed by atoms with Gasteiger partial charge in [0.15, 0.2) is 0 Å². The fraction of sp³-hybridized carbons (Fsp3) is 0.333. The monoisotopic (exact) mass is 259 g/mol. The molecular formula is C12H13N5S. The standard InChI is InChI=1S/C12H13N5S/c1-9-5-3-6-11(10(9)2)17-12(14-15-16-17)18-8-4-7-13/h3,5-6H,4,8H2,1-2H3. The largest absolute Gasteiger partial charge is 0.214 e. The van der Waals surface area contributed by atoms with Crippen LogP contribution in [0, 0.1) is 25.2 Å². The minimum absolute atomic E-state index is 0.490. The second-order valence-electron chi connectivity index (χ2n) is 3.85. The Bertz CT molecular complexity index is 584. The summed E-state index contributed by atoms with van der Waals surface area (Å²) in [4.78, 5) is 0. The third kappa shape index (κ3) is 2.51. The molecule has 0 fully saturated rings. The Labute approximate surface area is 110 Å². The smallest absolute Gasteiger partial charge is 0.198 e. The van der Waals surface area contributed by atoms with E-state index in [1.807, 2.05) is 12.1 Å². The van der Waals surface area contributed by atoms with Gasteiger partial charge in [-0.1, -0.05) is 23.9 Å². The fourth-order valence-electron chi connectivity index (χ4n) is 1.57. The molecule has 0 N–H and O–H groups in total. The van der Waals surface area contributed by atoms with Crippen LogP contribution in [0.5, 0.6) is 0 Å². The van der Waals surface area contributed by atoms with Gasteiger partial charge < -0.3 is 0 Å². The number of thioether (sulfide) groups is 1. The molecule has 0 atom stereocenters. The first kappa shape index (κ1) is 12.6. The number of tetrazole rings is 1. The van der Waals surface area contributed by atoms with Crippen LogP contribution in [-0.2, 0) is 0 Å². The van der Waals surface area contributed by atoms with Crippen molar-refractivity contribution in [2.45, 2.75) is 25.4 Å². The van der Waals surface area contributed by atoms with Crippen molar-refractivity contribution < 1.29 is 0 Å². The van der Waals surface area contributed by atoms with Gasteiger partial charge in [-0.25, -0.2) is 0 Å². The predicted molar refractivity (Wildman–Crippen MR) is 69.6 cm³/mol. The van der Waals surface area contributed by atoms with E-state index in [4.69, 9.17) is 5.26 Å². The zero-order valence-electron chi connectivity index (χ0n) is 10.3. The second-order valence-corrected chi connectivity index (χ2v) is 4.91. The summed E-state index contributed by atoms with van der Waals surface area (Å²) in [5.41, 5.74) is 3.35. The van der Waals surface area contributed by atoms with E-state index in [-0.39, 0.29) is 0 Å². The van der Waals surface area contributed by atoms with Gasteiger partial charge in [-0.05, 0) is 41.5 Å². The number of aromatic nitrogens is 4. The van der Waals surface area contributed by atoms with Crippen molar-refractivity contribution >= 4 is 11.8 Å². The van der Waals surface area contributed by atoms with Crippen LogP contribution >= 0.6 is 11.8 Å². The van der Waals surface area contributed by atoms with Gasteiger partial charge in [0.05, 0.1) is 11.8 Å². The fourth-order valence-corrected chi connectivity index (χ4v) is 2.30. The normalized spacial score (nSPS) is 10.3. The Morgan fingerprint density at radius 1 is 1.39 bits per heavy atom. The molecule has 0 saturated heterocycles. The van der Waals surface area contributed by atoms with Crippen LogP contribution in [0.2, 0.25) is 0 Å². The van der Waals surface area contributed by atoms with E-state index in [0.717, 1.165) is 16.4 Å². The van der Waals surface area contributed by atoms with E-state index in [0.29, 0.717) is 12.2 Å². The Morgan fingerprint density at radius 3 is 3.00 bits per heavy atom. The molecule has 0 radical (unpaired) electrons. The highest BCUT2D eigenvalue weighted by atomic mass is 32.2. The van der Waals surface area contributed by atoms with Gasteiger partial charge in [0, 0.05) is 12.2 Å². The molecule has 92 valence electrons. The van der Waals surface area contributed by atoms with E-state index in [2.05, 4.69) is 41.5 Å². The number of nitrogens with zero attached hydrogens (tertiary/aromatic N) is 5. The van der Waals surface area contributed by atoms with Gasteiger partial charge in [-0.3, -0.25) is 0 Å². The van der Waals surface area contributed by atoms with Crippen LogP contribution in [0.15, 0.2) is 23.4 Å². The van der Waals surface area contributed by atoms with Crippen molar-refractivity contribution in [1.82, 2.24) is 20.2 Å². The van der Waals surface area contributed by atoms with Crippen molar-refractivity contribution in [3.05, 3.63) is 29.3 Å². The van der Waals surface area contributed by atoms with Crippen LogP contribution in [0.1, 0.15) is 17.5 Å². The minimum atomic E-state index is 0.490. The van der Waals surface area contributed by atoms with E-state index < -0.39 is 0 Å². The molecule has 1 heterocycles. The van der Waals surface area contributed by atoms with Gasteiger partial charge in [0.2, 0.25) is 5.16 Å². The van der Waals surface area contributed by atoms with Crippen molar-refractivity contribution in [1.29, 1.82) is 5.26 Å². The van der Waals surface area contributed by atoms with Gasteiger partial charge in [-0.15, -0.1) is 5.10 Å². The predicted octanol–water partition coefficient (Wildman–Crippen LogP) is 2.28. The second kappa shape index (κ2) is 5.65. The molecule has 2 rings (SSSR count). The first-order valence-electron chi connectivity index (χ1n) is 5.58. The molecule has 0 saturated carbocycles. The first-order valence-corrected chi connectivity index (χ1v) is 6.57. The average molecular weight is 259 g/mol. The van der Waals surface area contributed by atoms with Crippen LogP contribution in [-0.4, -0.2) is 26.0 Å². The molecule has 0 aliphatic rings.